The number of thioether (sulfide) groups is 1. The molecule has 0 radical (unpaired) electrons. The number of amides is 1. The van der Waals surface area contributed by atoms with Crippen LogP contribution in [-0.4, -0.2) is 16.6 Å². The largest absolute Gasteiger partial charge is 0.295 e. The predicted molar refractivity (Wildman–Crippen MR) is 44.9 cm³/mol. The Morgan fingerprint density at radius 3 is 3.42 bits per heavy atom. The van der Waals surface area contributed by atoms with Crippen molar-refractivity contribution < 1.29 is 9.78 Å². The van der Waals surface area contributed by atoms with Gasteiger partial charge in [0, 0.05) is 6.92 Å². The quantitative estimate of drug-likeness (QED) is 0.625. The Morgan fingerprint density at radius 2 is 2.58 bits per heavy atom. The van der Waals surface area contributed by atoms with Gasteiger partial charge < -0.3 is 0 Å². The number of aromatic nitrogens is 2. The molecule has 0 atom stereocenters. The van der Waals surface area contributed by atoms with Crippen LogP contribution in [0.1, 0.15) is 5.82 Å². The number of anilines is 1. The Labute approximate surface area is 73.8 Å². The maximum atomic E-state index is 11.0. The van der Waals surface area contributed by atoms with Gasteiger partial charge in [0.25, 0.3) is 11.6 Å². The molecule has 0 fully saturated rings. The zero-order chi connectivity index (χ0) is 8.55. The molecule has 2 heterocycles. The van der Waals surface area contributed by atoms with Gasteiger partial charge in [-0.05, 0) is 4.98 Å². The van der Waals surface area contributed by atoms with Gasteiger partial charge in [-0.3, -0.25) is 10.1 Å². The second kappa shape index (κ2) is 2.75. The first-order valence-corrected chi connectivity index (χ1v) is 4.56. The lowest BCUT2D eigenvalue weighted by Gasteiger charge is -2.09. The Hall–Kier alpha value is -1.10. The number of aryl methyl sites for hydroxylation is 1. The lowest BCUT2D eigenvalue weighted by atomic mass is 10.5. The van der Waals surface area contributed by atoms with Crippen LogP contribution in [-0.2, 0) is 4.79 Å². The van der Waals surface area contributed by atoms with Crippen LogP contribution >= 0.6 is 11.8 Å². The summed E-state index contributed by atoms with van der Waals surface area (Å²) in [5, 5.41) is 2.71. The van der Waals surface area contributed by atoms with Crippen LogP contribution in [0.4, 0.5) is 5.82 Å². The molecule has 0 bridgehead atoms. The molecule has 4 nitrogen and oxygen atoms in total. The van der Waals surface area contributed by atoms with Crippen molar-refractivity contribution >= 4 is 23.5 Å². The highest BCUT2D eigenvalue weighted by Crippen LogP contribution is 2.27. The van der Waals surface area contributed by atoms with Crippen molar-refractivity contribution in [2.24, 2.45) is 0 Å². The summed E-state index contributed by atoms with van der Waals surface area (Å²) in [5.74, 6) is 1.97. The highest BCUT2D eigenvalue weighted by molar-refractivity contribution is 8.00. The zero-order valence-electron chi connectivity index (χ0n) is 6.55. The van der Waals surface area contributed by atoms with Gasteiger partial charge in [0.05, 0.1) is 5.75 Å². The molecule has 0 saturated carbocycles. The monoisotopic (exact) mass is 182 g/mol. The first-order chi connectivity index (χ1) is 5.75. The molecule has 1 amide bonds. The van der Waals surface area contributed by atoms with E-state index in [1.807, 2.05) is 13.1 Å². The topological polar surface area (TPSA) is 56.1 Å². The maximum Gasteiger partial charge on any atom is 0.295 e. The molecule has 1 aromatic heterocycles. The number of rotatable bonds is 0. The van der Waals surface area contributed by atoms with E-state index in [4.69, 9.17) is 0 Å². The number of hydrogen-bond acceptors (Lipinski definition) is 3. The van der Waals surface area contributed by atoms with Gasteiger partial charge in [-0.2, -0.15) is 0 Å². The first kappa shape index (κ1) is 7.54. The molecule has 0 saturated heterocycles. The van der Waals surface area contributed by atoms with Crippen LogP contribution < -0.4 is 10.3 Å². The van der Waals surface area contributed by atoms with Gasteiger partial charge in [-0.15, -0.1) is 11.8 Å². The molecular formula is C7H8N3OS+. The van der Waals surface area contributed by atoms with Gasteiger partial charge >= 0.3 is 0 Å². The SMILES string of the molecule is Cc1nc2c(c[nH+]1)SCC(=O)N2. The minimum atomic E-state index is 0.0191. The predicted octanol–water partition coefficient (Wildman–Crippen LogP) is 0.248. The molecule has 2 rings (SSSR count). The molecule has 1 aliphatic rings. The second-order valence-corrected chi connectivity index (χ2v) is 3.55. The van der Waals surface area contributed by atoms with E-state index in [2.05, 4.69) is 15.3 Å². The van der Waals surface area contributed by atoms with Gasteiger partial charge in [0.2, 0.25) is 5.91 Å². The van der Waals surface area contributed by atoms with Crippen LogP contribution in [0.2, 0.25) is 0 Å². The van der Waals surface area contributed by atoms with Crippen molar-refractivity contribution in [3.05, 3.63) is 12.0 Å². The molecule has 0 unspecified atom stereocenters. The number of nitrogens with one attached hydrogen (secondary N) is 2. The number of H-pyrrole nitrogens is 1. The summed E-state index contributed by atoms with van der Waals surface area (Å²) in [6.45, 7) is 1.85. The van der Waals surface area contributed by atoms with Crippen molar-refractivity contribution in [2.75, 3.05) is 11.1 Å². The van der Waals surface area contributed by atoms with E-state index in [1.54, 1.807) is 0 Å². The molecule has 0 aromatic carbocycles. The smallest absolute Gasteiger partial charge is 0.288 e. The Morgan fingerprint density at radius 1 is 1.75 bits per heavy atom. The fourth-order valence-electron chi connectivity index (χ4n) is 1.00. The number of carbonyl (C=O) groups is 1. The van der Waals surface area contributed by atoms with E-state index in [1.165, 1.54) is 11.8 Å². The Kier molecular flexibility index (Phi) is 1.73. The third kappa shape index (κ3) is 1.27. The molecule has 0 spiro atoms. The number of aromatic amines is 1. The van der Waals surface area contributed by atoms with Crippen molar-refractivity contribution in [3.63, 3.8) is 0 Å². The standard InChI is InChI=1S/C7H7N3OS/c1-4-8-2-5-7(9-4)10-6(11)3-12-5/h2H,3H2,1H3,(H,8,9,10,11)/p+1. The molecule has 1 aliphatic heterocycles. The average molecular weight is 182 g/mol. The number of fused-ring (bicyclic) bond motifs is 1. The van der Waals surface area contributed by atoms with Gasteiger partial charge in [0.1, 0.15) is 11.1 Å². The first-order valence-electron chi connectivity index (χ1n) is 3.58. The van der Waals surface area contributed by atoms with Gasteiger partial charge in [-0.25, -0.2) is 4.98 Å². The lowest BCUT2D eigenvalue weighted by Crippen LogP contribution is -2.23. The number of hydrogen-bond donors (Lipinski definition) is 1. The van der Waals surface area contributed by atoms with Crippen LogP contribution in [0.5, 0.6) is 0 Å². The summed E-state index contributed by atoms with van der Waals surface area (Å²) >= 11 is 1.50. The van der Waals surface area contributed by atoms with Crippen LogP contribution in [0, 0.1) is 6.92 Å². The van der Waals surface area contributed by atoms with Crippen LogP contribution in [0.15, 0.2) is 11.1 Å². The van der Waals surface area contributed by atoms with E-state index < -0.39 is 0 Å². The molecule has 1 aromatic rings. The van der Waals surface area contributed by atoms with E-state index in [0.29, 0.717) is 11.6 Å². The summed E-state index contributed by atoms with van der Waals surface area (Å²) in [7, 11) is 0. The molecule has 5 heteroatoms. The normalized spacial score (nSPS) is 15.2. The molecule has 2 N–H and O–H groups in total. The van der Waals surface area contributed by atoms with Crippen molar-refractivity contribution in [2.45, 2.75) is 11.8 Å². The fraction of sp³-hybridized carbons (Fsp3) is 0.286. The highest BCUT2D eigenvalue weighted by Gasteiger charge is 2.21. The van der Waals surface area contributed by atoms with Gasteiger partial charge in [0.15, 0.2) is 0 Å². The second-order valence-electron chi connectivity index (χ2n) is 2.54. The van der Waals surface area contributed by atoms with Crippen LogP contribution in [0.3, 0.4) is 0 Å². The minimum absolute atomic E-state index is 0.0191. The Balaban J connectivity index is 2.44. The third-order valence-corrected chi connectivity index (χ3v) is 2.57. The van der Waals surface area contributed by atoms with E-state index in [-0.39, 0.29) is 5.91 Å². The zero-order valence-corrected chi connectivity index (χ0v) is 7.36. The molecule has 12 heavy (non-hydrogen) atoms. The van der Waals surface area contributed by atoms with Crippen LogP contribution in [0.25, 0.3) is 0 Å². The van der Waals surface area contributed by atoms with E-state index >= 15 is 0 Å². The summed E-state index contributed by atoms with van der Waals surface area (Å²) < 4.78 is 0. The fourth-order valence-corrected chi connectivity index (χ4v) is 1.74. The number of carbonyl (C=O) groups excluding carboxylic acids is 1. The summed E-state index contributed by atoms with van der Waals surface area (Å²) in [6, 6.07) is 0. The lowest BCUT2D eigenvalue weighted by molar-refractivity contribution is -0.395. The van der Waals surface area contributed by atoms with Gasteiger partial charge in [-0.1, -0.05) is 0 Å². The van der Waals surface area contributed by atoms with Crippen molar-refractivity contribution in [1.82, 2.24) is 4.98 Å². The average Bonchev–Trinajstić information content (AvgIpc) is 2.03. The highest BCUT2D eigenvalue weighted by atomic mass is 32.2. The number of nitrogens with zero attached hydrogens (tertiary/aromatic N) is 1. The maximum absolute atomic E-state index is 11.0. The Bertz CT molecular complexity index is 339. The molecular weight excluding hydrogens is 174 g/mol. The van der Waals surface area contributed by atoms with Crippen molar-refractivity contribution in [1.29, 1.82) is 0 Å². The third-order valence-electron chi connectivity index (χ3n) is 1.54. The summed E-state index contributed by atoms with van der Waals surface area (Å²) in [4.78, 5) is 19.1. The minimum Gasteiger partial charge on any atom is -0.288 e. The summed E-state index contributed by atoms with van der Waals surface area (Å²) in [6.07, 6.45) is 1.86. The van der Waals surface area contributed by atoms with Crippen molar-refractivity contribution in [3.8, 4) is 0 Å². The molecule has 0 aliphatic carbocycles. The molecule has 62 valence electrons. The van der Waals surface area contributed by atoms with E-state index in [9.17, 15) is 4.79 Å². The van der Waals surface area contributed by atoms with E-state index in [0.717, 1.165) is 10.7 Å². The summed E-state index contributed by atoms with van der Waals surface area (Å²) in [5.41, 5.74) is 0.